The molecule has 0 aliphatic heterocycles. The largest absolute Gasteiger partial charge is 0.321 e. The van der Waals surface area contributed by atoms with E-state index in [2.05, 4.69) is 31.8 Å². The molecule has 146 valence electrons. The van der Waals surface area contributed by atoms with Gasteiger partial charge in [-0.15, -0.1) is 0 Å². The Morgan fingerprint density at radius 3 is 2.48 bits per heavy atom. The summed E-state index contributed by atoms with van der Waals surface area (Å²) in [5.41, 5.74) is 4.09. The lowest BCUT2D eigenvalue weighted by Gasteiger charge is -2.10. The first-order chi connectivity index (χ1) is 14.0. The molecular weight excluding hydrogens is 477 g/mol. The zero-order valence-corrected chi connectivity index (χ0v) is 17.9. The van der Waals surface area contributed by atoms with Crippen LogP contribution in [0.2, 0.25) is 10.0 Å². The molecule has 0 unspecified atom stereocenters. The maximum absolute atomic E-state index is 12.5. The van der Waals surface area contributed by atoms with E-state index in [9.17, 15) is 9.59 Å². The Bertz CT molecular complexity index is 1100. The molecular formula is C21H14BrCl2N3O2. The van der Waals surface area contributed by atoms with Crippen molar-refractivity contribution >= 4 is 62.8 Å². The van der Waals surface area contributed by atoms with Gasteiger partial charge in [-0.2, -0.15) is 5.10 Å². The predicted molar refractivity (Wildman–Crippen MR) is 120 cm³/mol. The molecule has 0 spiro atoms. The zero-order chi connectivity index (χ0) is 20.8. The van der Waals surface area contributed by atoms with Crippen molar-refractivity contribution in [3.05, 3.63) is 97.9 Å². The van der Waals surface area contributed by atoms with Gasteiger partial charge in [0.25, 0.3) is 11.8 Å². The highest BCUT2D eigenvalue weighted by Crippen LogP contribution is 2.24. The fourth-order valence-electron chi connectivity index (χ4n) is 2.46. The fraction of sp³-hybridized carbons (Fsp3) is 0. The Balaban J connectivity index is 1.74. The van der Waals surface area contributed by atoms with E-state index < -0.39 is 5.91 Å². The molecule has 0 aliphatic rings. The lowest BCUT2D eigenvalue weighted by molar-refractivity contribution is 0.0956. The lowest BCUT2D eigenvalue weighted by atomic mass is 10.1. The average Bonchev–Trinajstić information content (AvgIpc) is 2.71. The minimum absolute atomic E-state index is 0.269. The minimum Gasteiger partial charge on any atom is -0.321 e. The highest BCUT2D eigenvalue weighted by Gasteiger charge is 2.14. The summed E-state index contributed by atoms with van der Waals surface area (Å²) < 4.78 is 0.783. The topological polar surface area (TPSA) is 70.6 Å². The Morgan fingerprint density at radius 2 is 1.69 bits per heavy atom. The molecule has 0 radical (unpaired) electrons. The molecule has 0 heterocycles. The molecule has 3 aromatic rings. The van der Waals surface area contributed by atoms with Crippen LogP contribution in [0.5, 0.6) is 0 Å². The summed E-state index contributed by atoms with van der Waals surface area (Å²) in [6, 6.07) is 18.7. The molecule has 5 nitrogen and oxygen atoms in total. The smallest absolute Gasteiger partial charge is 0.273 e. The number of nitrogens with zero attached hydrogens (tertiary/aromatic N) is 1. The Hall–Kier alpha value is -2.67. The number of para-hydroxylation sites is 1. The molecule has 3 aromatic carbocycles. The number of hydrazone groups is 1. The van der Waals surface area contributed by atoms with Crippen LogP contribution in [-0.2, 0) is 0 Å². The molecule has 0 aliphatic carbocycles. The monoisotopic (exact) mass is 489 g/mol. The van der Waals surface area contributed by atoms with Crippen molar-refractivity contribution in [1.82, 2.24) is 5.43 Å². The van der Waals surface area contributed by atoms with Crippen LogP contribution in [0, 0.1) is 0 Å². The molecule has 0 bridgehead atoms. The van der Waals surface area contributed by atoms with Crippen LogP contribution in [0.15, 0.2) is 76.3 Å². The van der Waals surface area contributed by atoms with Crippen LogP contribution >= 0.6 is 39.1 Å². The van der Waals surface area contributed by atoms with Crippen molar-refractivity contribution in [3.63, 3.8) is 0 Å². The van der Waals surface area contributed by atoms with Crippen molar-refractivity contribution in [2.24, 2.45) is 5.10 Å². The molecule has 0 atom stereocenters. The van der Waals surface area contributed by atoms with Gasteiger partial charge < -0.3 is 5.32 Å². The van der Waals surface area contributed by atoms with E-state index in [1.807, 2.05) is 6.07 Å². The standard InChI is InChI=1S/C21H14BrCl2N3O2/c22-15-7-3-5-13(11-15)20(28)26-18-10-2-1-8-16(18)21(29)27-25-12-14-6-4-9-17(23)19(14)24/h1-12H,(H,26,28)(H,27,29)/b25-12-. The SMILES string of the molecule is O=C(Nc1ccccc1C(=O)N/N=C\c1cccc(Cl)c1Cl)c1cccc(Br)c1. The van der Waals surface area contributed by atoms with Crippen LogP contribution in [-0.4, -0.2) is 18.0 Å². The third-order valence-corrected chi connectivity index (χ3v) is 5.18. The van der Waals surface area contributed by atoms with Gasteiger partial charge in [-0.25, -0.2) is 5.43 Å². The van der Waals surface area contributed by atoms with E-state index >= 15 is 0 Å². The molecule has 2 N–H and O–H groups in total. The first-order valence-corrected chi connectivity index (χ1v) is 9.94. The molecule has 8 heteroatoms. The maximum Gasteiger partial charge on any atom is 0.273 e. The van der Waals surface area contributed by atoms with Crippen LogP contribution in [0.3, 0.4) is 0 Å². The second kappa shape index (κ2) is 9.69. The number of hydrogen-bond acceptors (Lipinski definition) is 3. The van der Waals surface area contributed by atoms with Crippen molar-refractivity contribution < 1.29 is 9.59 Å². The second-order valence-corrected chi connectivity index (χ2v) is 7.55. The van der Waals surface area contributed by atoms with Gasteiger partial charge in [0.2, 0.25) is 0 Å². The summed E-state index contributed by atoms with van der Waals surface area (Å²) in [6.45, 7) is 0. The quantitative estimate of drug-likeness (QED) is 0.352. The minimum atomic E-state index is -0.482. The molecule has 0 saturated heterocycles. The summed E-state index contributed by atoms with van der Waals surface area (Å²) in [6.07, 6.45) is 1.40. The Kier molecular flexibility index (Phi) is 7.04. The van der Waals surface area contributed by atoms with Crippen LogP contribution < -0.4 is 10.7 Å². The summed E-state index contributed by atoms with van der Waals surface area (Å²) >= 11 is 15.4. The van der Waals surface area contributed by atoms with E-state index in [-0.39, 0.29) is 11.5 Å². The number of anilines is 1. The van der Waals surface area contributed by atoms with Crippen molar-refractivity contribution in [2.75, 3.05) is 5.32 Å². The molecule has 0 fully saturated rings. The van der Waals surface area contributed by atoms with E-state index in [0.29, 0.717) is 26.9 Å². The summed E-state index contributed by atoms with van der Waals surface area (Å²) in [7, 11) is 0. The fourth-order valence-corrected chi connectivity index (χ4v) is 3.21. The number of benzene rings is 3. The van der Waals surface area contributed by atoms with Gasteiger partial charge in [0.1, 0.15) is 0 Å². The molecule has 29 heavy (non-hydrogen) atoms. The van der Waals surface area contributed by atoms with Gasteiger partial charge in [-0.05, 0) is 36.4 Å². The van der Waals surface area contributed by atoms with E-state index in [1.54, 1.807) is 60.7 Å². The van der Waals surface area contributed by atoms with E-state index in [1.165, 1.54) is 6.21 Å². The third-order valence-electron chi connectivity index (χ3n) is 3.86. The van der Waals surface area contributed by atoms with Crippen molar-refractivity contribution in [3.8, 4) is 0 Å². The molecule has 0 aromatic heterocycles. The Labute approximate surface area is 185 Å². The number of carbonyl (C=O) groups excluding carboxylic acids is 2. The van der Waals surface area contributed by atoms with E-state index in [0.717, 1.165) is 4.47 Å². The highest BCUT2D eigenvalue weighted by molar-refractivity contribution is 9.10. The number of carbonyl (C=O) groups is 2. The zero-order valence-electron chi connectivity index (χ0n) is 14.8. The van der Waals surface area contributed by atoms with Gasteiger partial charge in [-0.1, -0.05) is 69.5 Å². The molecule has 0 saturated carbocycles. The van der Waals surface area contributed by atoms with Crippen LogP contribution in [0.25, 0.3) is 0 Å². The van der Waals surface area contributed by atoms with Crippen LogP contribution in [0.4, 0.5) is 5.69 Å². The average molecular weight is 491 g/mol. The Morgan fingerprint density at radius 1 is 0.931 bits per heavy atom. The number of halogens is 3. The summed E-state index contributed by atoms with van der Waals surface area (Å²) in [5, 5.41) is 7.40. The van der Waals surface area contributed by atoms with Gasteiger partial charge in [0.15, 0.2) is 0 Å². The number of amides is 2. The van der Waals surface area contributed by atoms with E-state index in [4.69, 9.17) is 23.2 Å². The number of rotatable bonds is 5. The summed E-state index contributed by atoms with van der Waals surface area (Å²) in [4.78, 5) is 25.0. The van der Waals surface area contributed by atoms with Gasteiger partial charge in [0, 0.05) is 15.6 Å². The predicted octanol–water partition coefficient (Wildman–Crippen LogP) is 5.77. The van der Waals surface area contributed by atoms with Gasteiger partial charge in [0.05, 0.1) is 27.5 Å². The first kappa shape index (κ1) is 21.0. The second-order valence-electron chi connectivity index (χ2n) is 5.85. The first-order valence-electron chi connectivity index (χ1n) is 8.39. The summed E-state index contributed by atoms with van der Waals surface area (Å²) in [5.74, 6) is -0.815. The maximum atomic E-state index is 12.5. The normalized spacial score (nSPS) is 10.7. The number of hydrogen-bond donors (Lipinski definition) is 2. The van der Waals surface area contributed by atoms with Crippen molar-refractivity contribution in [1.29, 1.82) is 0 Å². The lowest BCUT2D eigenvalue weighted by Crippen LogP contribution is -2.21. The van der Waals surface area contributed by atoms with Gasteiger partial charge >= 0.3 is 0 Å². The number of nitrogens with one attached hydrogen (secondary N) is 2. The van der Waals surface area contributed by atoms with Crippen LogP contribution in [0.1, 0.15) is 26.3 Å². The molecule has 3 rings (SSSR count). The van der Waals surface area contributed by atoms with Crippen molar-refractivity contribution in [2.45, 2.75) is 0 Å². The highest BCUT2D eigenvalue weighted by atomic mass is 79.9. The molecule has 2 amide bonds. The third kappa shape index (κ3) is 5.44. The van der Waals surface area contributed by atoms with Gasteiger partial charge in [-0.3, -0.25) is 9.59 Å².